The van der Waals surface area contributed by atoms with Gasteiger partial charge in [0, 0.05) is 19.0 Å². The van der Waals surface area contributed by atoms with Crippen LogP contribution in [0.2, 0.25) is 0 Å². The van der Waals surface area contributed by atoms with Gasteiger partial charge < -0.3 is 10.1 Å². The van der Waals surface area contributed by atoms with Gasteiger partial charge in [0.2, 0.25) is 0 Å². The molecule has 1 aromatic rings. The Bertz CT molecular complexity index is 488. The molecular formula is C17H23NO. The van der Waals surface area contributed by atoms with E-state index >= 15 is 0 Å². The predicted octanol–water partition coefficient (Wildman–Crippen LogP) is 3.46. The summed E-state index contributed by atoms with van der Waals surface area (Å²) in [5.41, 5.74) is 3.49. The lowest BCUT2D eigenvalue weighted by Gasteiger charge is -2.20. The summed E-state index contributed by atoms with van der Waals surface area (Å²) in [6, 6.07) is 7.15. The molecule has 1 N–H and O–H groups in total. The van der Waals surface area contributed by atoms with Crippen molar-refractivity contribution in [1.29, 1.82) is 0 Å². The van der Waals surface area contributed by atoms with Crippen LogP contribution in [0, 0.1) is 11.3 Å². The Morgan fingerprint density at radius 1 is 1.37 bits per heavy atom. The van der Waals surface area contributed by atoms with Crippen LogP contribution in [0.1, 0.15) is 49.8 Å². The molecule has 2 nitrogen and oxygen atoms in total. The molecule has 1 unspecified atom stereocenters. The van der Waals surface area contributed by atoms with Gasteiger partial charge in [-0.05, 0) is 61.1 Å². The molecule has 0 spiro atoms. The van der Waals surface area contributed by atoms with Crippen molar-refractivity contribution < 1.29 is 4.74 Å². The zero-order chi connectivity index (χ0) is 12.9. The molecule has 2 saturated carbocycles. The normalized spacial score (nSPS) is 24.7. The fourth-order valence-corrected chi connectivity index (χ4v) is 3.54. The van der Waals surface area contributed by atoms with E-state index in [2.05, 4.69) is 30.4 Å². The monoisotopic (exact) mass is 257 g/mol. The summed E-state index contributed by atoms with van der Waals surface area (Å²) in [6.07, 6.45) is 6.94. The van der Waals surface area contributed by atoms with Crippen LogP contribution in [0.3, 0.4) is 0 Å². The molecule has 102 valence electrons. The summed E-state index contributed by atoms with van der Waals surface area (Å²) in [6.45, 7) is 4.36. The van der Waals surface area contributed by atoms with Crippen LogP contribution in [-0.4, -0.2) is 13.2 Å². The molecule has 0 radical (unpaired) electrons. The quantitative estimate of drug-likeness (QED) is 0.872. The zero-order valence-corrected chi connectivity index (χ0v) is 11.7. The Labute approximate surface area is 115 Å². The van der Waals surface area contributed by atoms with Gasteiger partial charge >= 0.3 is 0 Å². The number of nitrogens with one attached hydrogen (secondary N) is 1. The van der Waals surface area contributed by atoms with Crippen molar-refractivity contribution in [3.05, 3.63) is 29.3 Å². The minimum Gasteiger partial charge on any atom is -0.493 e. The molecule has 0 amide bonds. The lowest BCUT2D eigenvalue weighted by Crippen LogP contribution is -2.28. The van der Waals surface area contributed by atoms with Crippen molar-refractivity contribution in [2.24, 2.45) is 11.3 Å². The fourth-order valence-electron chi connectivity index (χ4n) is 3.54. The van der Waals surface area contributed by atoms with Crippen molar-refractivity contribution in [1.82, 2.24) is 5.32 Å². The highest BCUT2D eigenvalue weighted by Crippen LogP contribution is 2.60. The van der Waals surface area contributed by atoms with Crippen LogP contribution in [0.25, 0.3) is 0 Å². The van der Waals surface area contributed by atoms with Crippen LogP contribution in [0.4, 0.5) is 0 Å². The lowest BCUT2D eigenvalue weighted by atomic mass is 9.99. The predicted molar refractivity (Wildman–Crippen MR) is 76.4 cm³/mol. The van der Waals surface area contributed by atoms with Crippen molar-refractivity contribution in [2.45, 2.75) is 45.1 Å². The Kier molecular flexibility index (Phi) is 2.63. The second kappa shape index (κ2) is 4.24. The Morgan fingerprint density at radius 3 is 2.95 bits per heavy atom. The van der Waals surface area contributed by atoms with Crippen molar-refractivity contribution >= 4 is 0 Å². The molecule has 1 aromatic carbocycles. The number of benzene rings is 1. The first-order valence-corrected chi connectivity index (χ1v) is 7.76. The number of ether oxygens (including phenoxy) is 1. The Balaban J connectivity index is 1.41. The maximum absolute atomic E-state index is 5.58. The third kappa shape index (κ3) is 2.16. The number of fused-ring (bicyclic) bond motifs is 1. The number of rotatable bonds is 5. The van der Waals surface area contributed by atoms with Crippen LogP contribution in [0.5, 0.6) is 5.75 Å². The van der Waals surface area contributed by atoms with E-state index in [9.17, 15) is 0 Å². The Morgan fingerprint density at radius 2 is 2.21 bits per heavy atom. The van der Waals surface area contributed by atoms with E-state index in [4.69, 9.17) is 4.74 Å². The average Bonchev–Trinajstić information content (AvgIpc) is 3.32. The van der Waals surface area contributed by atoms with E-state index < -0.39 is 0 Å². The summed E-state index contributed by atoms with van der Waals surface area (Å²) in [4.78, 5) is 0. The smallest absolute Gasteiger partial charge is 0.122 e. The summed E-state index contributed by atoms with van der Waals surface area (Å²) in [7, 11) is 0. The topological polar surface area (TPSA) is 21.3 Å². The third-order valence-electron chi connectivity index (χ3n) is 5.31. The molecule has 0 aromatic heterocycles. The fraction of sp³-hybridized carbons (Fsp3) is 0.647. The van der Waals surface area contributed by atoms with Crippen LogP contribution in [-0.2, 0) is 6.42 Å². The van der Waals surface area contributed by atoms with Crippen LogP contribution in [0.15, 0.2) is 18.2 Å². The van der Waals surface area contributed by atoms with E-state index in [-0.39, 0.29) is 0 Å². The van der Waals surface area contributed by atoms with Gasteiger partial charge in [0.25, 0.3) is 0 Å². The molecule has 2 fully saturated rings. The second-order valence-electron chi connectivity index (χ2n) is 6.70. The van der Waals surface area contributed by atoms with Crippen molar-refractivity contribution in [3.63, 3.8) is 0 Å². The first-order chi connectivity index (χ1) is 9.27. The third-order valence-corrected chi connectivity index (χ3v) is 5.31. The largest absolute Gasteiger partial charge is 0.493 e. The average molecular weight is 257 g/mol. The van der Waals surface area contributed by atoms with E-state index in [1.165, 1.54) is 43.4 Å². The van der Waals surface area contributed by atoms with Gasteiger partial charge in [-0.3, -0.25) is 0 Å². The Hall–Kier alpha value is -1.02. The lowest BCUT2D eigenvalue weighted by molar-refractivity contribution is 0.356. The standard InChI is InChI=1S/C17H23NO/c1-12(18-11-17(7-8-17)15-3-4-15)13-2-5-16-14(10-13)6-9-19-16/h2,5,10,12,15,18H,3-4,6-9,11H2,1H3. The molecule has 0 saturated heterocycles. The van der Waals surface area contributed by atoms with E-state index in [0.29, 0.717) is 11.5 Å². The molecule has 3 aliphatic rings. The highest BCUT2D eigenvalue weighted by atomic mass is 16.5. The van der Waals surface area contributed by atoms with Crippen molar-refractivity contribution in [2.75, 3.05) is 13.2 Å². The molecule has 19 heavy (non-hydrogen) atoms. The second-order valence-corrected chi connectivity index (χ2v) is 6.70. The molecule has 1 aliphatic heterocycles. The zero-order valence-electron chi connectivity index (χ0n) is 11.7. The first kappa shape index (κ1) is 11.8. The molecular weight excluding hydrogens is 234 g/mol. The van der Waals surface area contributed by atoms with Gasteiger partial charge in [0.05, 0.1) is 6.61 Å². The minimum atomic E-state index is 0.460. The van der Waals surface area contributed by atoms with Gasteiger partial charge in [-0.2, -0.15) is 0 Å². The van der Waals surface area contributed by atoms with Crippen LogP contribution >= 0.6 is 0 Å². The van der Waals surface area contributed by atoms with Gasteiger partial charge in [0.1, 0.15) is 5.75 Å². The summed E-state index contributed by atoms with van der Waals surface area (Å²) in [5, 5.41) is 3.77. The van der Waals surface area contributed by atoms with Gasteiger partial charge in [-0.1, -0.05) is 12.1 Å². The SMILES string of the molecule is CC(NCC1(C2CC2)CC1)c1ccc2c(c1)CCO2. The van der Waals surface area contributed by atoms with E-state index in [1.807, 2.05) is 0 Å². The molecule has 1 heterocycles. The maximum Gasteiger partial charge on any atom is 0.122 e. The minimum absolute atomic E-state index is 0.460. The maximum atomic E-state index is 5.58. The van der Waals surface area contributed by atoms with Gasteiger partial charge in [-0.25, -0.2) is 0 Å². The highest BCUT2D eigenvalue weighted by Gasteiger charge is 2.53. The molecule has 4 rings (SSSR count). The highest BCUT2D eigenvalue weighted by molar-refractivity contribution is 5.40. The summed E-state index contributed by atoms with van der Waals surface area (Å²) >= 11 is 0. The van der Waals surface area contributed by atoms with Gasteiger partial charge in [0.15, 0.2) is 0 Å². The number of hydrogen-bond donors (Lipinski definition) is 1. The molecule has 2 aliphatic carbocycles. The van der Waals surface area contributed by atoms with Crippen LogP contribution < -0.4 is 10.1 Å². The molecule has 0 bridgehead atoms. The van der Waals surface area contributed by atoms with E-state index in [1.54, 1.807) is 0 Å². The van der Waals surface area contributed by atoms with Crippen molar-refractivity contribution in [3.8, 4) is 5.75 Å². The molecule has 2 heteroatoms. The first-order valence-electron chi connectivity index (χ1n) is 7.76. The summed E-state index contributed by atoms with van der Waals surface area (Å²) in [5.74, 6) is 2.13. The number of hydrogen-bond acceptors (Lipinski definition) is 2. The van der Waals surface area contributed by atoms with E-state index in [0.717, 1.165) is 24.7 Å². The summed E-state index contributed by atoms with van der Waals surface area (Å²) < 4.78 is 5.58. The van der Waals surface area contributed by atoms with Gasteiger partial charge in [-0.15, -0.1) is 0 Å². The molecule has 1 atom stereocenters.